The number of cyclic esters (lactones) is 1. The number of nitrogens with zero attached hydrogens (tertiary/aromatic N) is 2. The van der Waals surface area contributed by atoms with Crippen molar-refractivity contribution in [3.8, 4) is 11.5 Å². The lowest BCUT2D eigenvalue weighted by Gasteiger charge is -2.27. The van der Waals surface area contributed by atoms with Crippen LogP contribution < -0.4 is 19.3 Å². The molecule has 0 unspecified atom stereocenters. The molecule has 6 rings (SSSR count). The van der Waals surface area contributed by atoms with E-state index in [9.17, 15) is 4.79 Å². The van der Waals surface area contributed by atoms with Gasteiger partial charge in [0.1, 0.15) is 11.5 Å². The standard InChI is InChI=1S/C48H48Cl4N2O4/c1-29(2)27-56-37-21-13-33(14-22-37)39(31-9-17-35(18-10-31)53(5)6)25-48(42-41(47(55)58-48)43(49)45(51)46(52)44(42)50)26-40(32-11-19-36(20-12-32)54(7)8)34-15-23-38(24-16-34)57-28-30(3)4/h9-26,29-30H,27-28H2,1-8H3. The average molecular weight is 859 g/mol. The van der Waals surface area contributed by atoms with Crippen molar-refractivity contribution in [2.45, 2.75) is 33.3 Å². The van der Waals surface area contributed by atoms with Gasteiger partial charge in [-0.3, -0.25) is 0 Å². The van der Waals surface area contributed by atoms with Crippen LogP contribution >= 0.6 is 46.4 Å². The van der Waals surface area contributed by atoms with Crippen LogP contribution in [-0.4, -0.2) is 47.4 Å². The molecule has 0 saturated heterocycles. The van der Waals surface area contributed by atoms with Gasteiger partial charge in [-0.25, -0.2) is 4.79 Å². The molecule has 1 aliphatic heterocycles. The zero-order chi connectivity index (χ0) is 41.9. The molecule has 0 spiro atoms. The molecule has 0 N–H and O–H groups in total. The first-order valence-corrected chi connectivity index (χ1v) is 20.7. The molecule has 0 amide bonds. The molecule has 6 nitrogen and oxygen atoms in total. The summed E-state index contributed by atoms with van der Waals surface area (Å²) in [6.07, 6.45) is 3.85. The Balaban J connectivity index is 1.68. The fourth-order valence-corrected chi connectivity index (χ4v) is 7.73. The molecule has 0 aromatic heterocycles. The second-order valence-corrected chi connectivity index (χ2v) is 17.2. The molecular formula is C48H48Cl4N2O4. The SMILES string of the molecule is CC(C)COc1ccc(C(=CC2(C=C(c3ccc(OCC(C)C)cc3)c3ccc(N(C)C)cc3)OC(=O)c3c(Cl)c(Cl)c(Cl)c(Cl)c32)c2ccc(N(C)C)cc2)cc1. The number of carbonyl (C=O) groups excluding carboxylic acids is 1. The zero-order valence-electron chi connectivity index (χ0n) is 34.0. The van der Waals surface area contributed by atoms with E-state index in [-0.39, 0.29) is 31.2 Å². The highest BCUT2D eigenvalue weighted by molar-refractivity contribution is 6.53. The van der Waals surface area contributed by atoms with Gasteiger partial charge in [-0.1, -0.05) is 123 Å². The second kappa shape index (κ2) is 18.1. The highest BCUT2D eigenvalue weighted by Crippen LogP contribution is 2.53. The van der Waals surface area contributed by atoms with Crippen molar-refractivity contribution in [1.29, 1.82) is 0 Å². The maximum Gasteiger partial charge on any atom is 0.341 e. The first kappa shape index (κ1) is 43.0. The number of carbonyl (C=O) groups is 1. The van der Waals surface area contributed by atoms with Gasteiger partial charge in [0.15, 0.2) is 5.60 Å². The summed E-state index contributed by atoms with van der Waals surface area (Å²) in [4.78, 5) is 18.3. The number of ether oxygens (including phenoxy) is 3. The lowest BCUT2D eigenvalue weighted by Crippen LogP contribution is -2.23. The number of hydrogen-bond acceptors (Lipinski definition) is 6. The summed E-state index contributed by atoms with van der Waals surface area (Å²) in [5, 5.41) is 0.0140. The molecule has 5 aromatic carbocycles. The lowest BCUT2D eigenvalue weighted by atomic mass is 9.83. The summed E-state index contributed by atoms with van der Waals surface area (Å²) < 4.78 is 18.7. The number of hydrogen-bond donors (Lipinski definition) is 0. The summed E-state index contributed by atoms with van der Waals surface area (Å²) >= 11 is 27.5. The Morgan fingerprint density at radius 3 is 1.26 bits per heavy atom. The van der Waals surface area contributed by atoms with E-state index in [2.05, 4.69) is 27.7 Å². The van der Waals surface area contributed by atoms with E-state index in [1.165, 1.54) is 0 Å². The molecule has 0 aliphatic carbocycles. The Labute approximate surface area is 362 Å². The molecule has 10 heteroatoms. The Hall–Kier alpha value is -4.59. The fourth-order valence-electron chi connectivity index (χ4n) is 6.65. The van der Waals surface area contributed by atoms with Gasteiger partial charge >= 0.3 is 5.97 Å². The highest BCUT2D eigenvalue weighted by atomic mass is 35.5. The molecule has 0 bridgehead atoms. The van der Waals surface area contributed by atoms with Crippen LogP contribution in [0.1, 0.15) is 65.9 Å². The number of fused-ring (bicyclic) bond motifs is 1. The minimum Gasteiger partial charge on any atom is -0.493 e. The van der Waals surface area contributed by atoms with Crippen LogP contribution in [0, 0.1) is 11.8 Å². The zero-order valence-corrected chi connectivity index (χ0v) is 37.0. The molecule has 0 radical (unpaired) electrons. The van der Waals surface area contributed by atoms with E-state index in [0.717, 1.165) is 56.3 Å². The minimum atomic E-state index is -1.65. The lowest BCUT2D eigenvalue weighted by molar-refractivity contribution is 0.0300. The topological polar surface area (TPSA) is 51.2 Å². The number of esters is 1. The summed E-state index contributed by atoms with van der Waals surface area (Å²) in [6.45, 7) is 9.60. The van der Waals surface area contributed by atoms with Crippen LogP contribution in [0.25, 0.3) is 11.1 Å². The maximum absolute atomic E-state index is 14.2. The third-order valence-electron chi connectivity index (χ3n) is 9.73. The Morgan fingerprint density at radius 2 is 0.914 bits per heavy atom. The van der Waals surface area contributed by atoms with Crippen molar-refractivity contribution < 1.29 is 19.0 Å². The van der Waals surface area contributed by atoms with E-state index in [0.29, 0.717) is 25.0 Å². The van der Waals surface area contributed by atoms with Crippen molar-refractivity contribution in [3.63, 3.8) is 0 Å². The molecule has 1 aliphatic rings. The van der Waals surface area contributed by atoms with E-state index < -0.39 is 11.6 Å². The molecular weight excluding hydrogens is 810 g/mol. The Kier molecular flexibility index (Phi) is 13.4. The van der Waals surface area contributed by atoms with Crippen LogP contribution in [0.3, 0.4) is 0 Å². The third-order valence-corrected chi connectivity index (χ3v) is 11.5. The van der Waals surface area contributed by atoms with Crippen molar-refractivity contribution in [2.75, 3.05) is 51.2 Å². The van der Waals surface area contributed by atoms with Gasteiger partial charge < -0.3 is 24.0 Å². The van der Waals surface area contributed by atoms with Gasteiger partial charge in [0, 0.05) is 45.1 Å². The molecule has 5 aromatic rings. The number of anilines is 2. The fraction of sp³-hybridized carbons (Fsp3) is 0.271. The molecule has 302 valence electrons. The van der Waals surface area contributed by atoms with E-state index in [4.69, 9.17) is 60.6 Å². The van der Waals surface area contributed by atoms with Crippen molar-refractivity contribution in [2.24, 2.45) is 11.8 Å². The minimum absolute atomic E-state index is 0.0173. The summed E-state index contributed by atoms with van der Waals surface area (Å²) in [5.41, 5.74) is 5.67. The summed E-state index contributed by atoms with van der Waals surface area (Å²) in [5.74, 6) is 1.53. The molecule has 0 saturated carbocycles. The van der Waals surface area contributed by atoms with Crippen molar-refractivity contribution in [3.05, 3.63) is 163 Å². The number of rotatable bonds is 14. The average Bonchev–Trinajstić information content (AvgIpc) is 3.50. The second-order valence-electron chi connectivity index (χ2n) is 15.6. The predicted octanol–water partition coefficient (Wildman–Crippen LogP) is 13.1. The Morgan fingerprint density at radius 1 is 0.569 bits per heavy atom. The number of benzene rings is 5. The molecule has 58 heavy (non-hydrogen) atoms. The van der Waals surface area contributed by atoms with Gasteiger partial charge in [0.25, 0.3) is 0 Å². The largest absolute Gasteiger partial charge is 0.493 e. The quantitative estimate of drug-likeness (QED) is 0.0630. The summed E-state index contributed by atoms with van der Waals surface area (Å²) in [6, 6.07) is 32.1. The first-order valence-electron chi connectivity index (χ1n) is 19.2. The normalized spacial score (nSPS) is 15.4. The smallest absolute Gasteiger partial charge is 0.341 e. The van der Waals surface area contributed by atoms with Gasteiger partial charge in [-0.05, 0) is 106 Å². The van der Waals surface area contributed by atoms with Gasteiger partial charge in [0.05, 0.1) is 38.9 Å². The van der Waals surface area contributed by atoms with E-state index >= 15 is 0 Å². The van der Waals surface area contributed by atoms with Crippen LogP contribution in [0.4, 0.5) is 11.4 Å². The summed E-state index contributed by atoms with van der Waals surface area (Å²) in [7, 11) is 7.97. The number of halogens is 4. The van der Waals surface area contributed by atoms with Gasteiger partial charge in [0.2, 0.25) is 0 Å². The van der Waals surface area contributed by atoms with Gasteiger partial charge in [-0.15, -0.1) is 0 Å². The van der Waals surface area contributed by atoms with Crippen LogP contribution in [0.15, 0.2) is 109 Å². The van der Waals surface area contributed by atoms with Gasteiger partial charge in [-0.2, -0.15) is 0 Å². The van der Waals surface area contributed by atoms with Crippen molar-refractivity contribution >= 4 is 74.9 Å². The monoisotopic (exact) mass is 856 g/mol. The molecule has 0 fully saturated rings. The van der Waals surface area contributed by atoms with Crippen LogP contribution in [-0.2, 0) is 10.3 Å². The third kappa shape index (κ3) is 9.32. The van der Waals surface area contributed by atoms with Crippen LogP contribution in [0.5, 0.6) is 11.5 Å². The predicted molar refractivity (Wildman–Crippen MR) is 243 cm³/mol. The highest BCUT2D eigenvalue weighted by Gasteiger charge is 2.48. The Bertz CT molecular complexity index is 2190. The van der Waals surface area contributed by atoms with E-state index in [1.807, 2.05) is 147 Å². The van der Waals surface area contributed by atoms with Crippen LogP contribution in [0.2, 0.25) is 20.1 Å². The molecule has 1 heterocycles. The maximum atomic E-state index is 14.2. The first-order chi connectivity index (χ1) is 27.6. The van der Waals surface area contributed by atoms with Crippen molar-refractivity contribution in [1.82, 2.24) is 0 Å². The van der Waals surface area contributed by atoms with E-state index in [1.54, 1.807) is 0 Å². The molecule has 0 atom stereocenters.